The average Bonchev–Trinajstić information content (AvgIpc) is 3.19. The molecule has 1 atom stereocenters. The summed E-state index contributed by atoms with van der Waals surface area (Å²) in [6.07, 6.45) is 2.73. The van der Waals surface area contributed by atoms with Crippen molar-refractivity contribution >= 4 is 28.6 Å². The maximum absolute atomic E-state index is 13.0. The first kappa shape index (κ1) is 19.4. The van der Waals surface area contributed by atoms with E-state index in [2.05, 4.69) is 16.4 Å². The highest BCUT2D eigenvalue weighted by Crippen LogP contribution is 2.21. The van der Waals surface area contributed by atoms with Crippen molar-refractivity contribution in [3.63, 3.8) is 0 Å². The molecule has 0 bridgehead atoms. The van der Waals surface area contributed by atoms with Gasteiger partial charge in [0.05, 0.1) is 35.4 Å². The van der Waals surface area contributed by atoms with E-state index in [1.165, 1.54) is 11.8 Å². The van der Waals surface area contributed by atoms with Crippen LogP contribution in [0.3, 0.4) is 0 Å². The van der Waals surface area contributed by atoms with Crippen LogP contribution < -0.4 is 10.9 Å². The highest BCUT2D eigenvalue weighted by atomic mass is 32.2. The minimum absolute atomic E-state index is 0.0116. The van der Waals surface area contributed by atoms with Crippen molar-refractivity contribution in [3.8, 4) is 6.07 Å². The molecule has 1 fully saturated rings. The van der Waals surface area contributed by atoms with Gasteiger partial charge in [-0.1, -0.05) is 18.7 Å². The molecule has 1 aliphatic heterocycles. The molecule has 2 aromatic rings. The number of carbonyl (C=O) groups excluding carboxylic acids is 1. The fourth-order valence-electron chi connectivity index (χ4n) is 3.04. The molecule has 0 saturated carbocycles. The Morgan fingerprint density at radius 2 is 2.37 bits per heavy atom. The lowest BCUT2D eigenvalue weighted by molar-refractivity contribution is 0.0937. The molecule has 0 radical (unpaired) electrons. The van der Waals surface area contributed by atoms with Crippen molar-refractivity contribution in [1.82, 2.24) is 14.9 Å². The maximum Gasteiger partial charge on any atom is 0.262 e. The van der Waals surface area contributed by atoms with Gasteiger partial charge in [0.2, 0.25) is 0 Å². The van der Waals surface area contributed by atoms with Gasteiger partial charge in [0.25, 0.3) is 11.5 Å². The Morgan fingerprint density at radius 1 is 1.52 bits per heavy atom. The number of hydrogen-bond donors (Lipinski definition) is 1. The molecule has 7 nitrogen and oxygen atoms in total. The SMILES string of the molecule is CCCNC(=O)c1ccc2c(=O)n(C[C@H]3CCCO3)c(SCC#N)nc2c1. The molecule has 1 aromatic heterocycles. The predicted molar refractivity (Wildman–Crippen MR) is 104 cm³/mol. The van der Waals surface area contributed by atoms with Crippen LogP contribution in [0, 0.1) is 11.3 Å². The van der Waals surface area contributed by atoms with Crippen LogP contribution in [-0.4, -0.2) is 40.5 Å². The first-order chi connectivity index (χ1) is 13.1. The fourth-order valence-corrected chi connectivity index (χ4v) is 3.71. The van der Waals surface area contributed by atoms with Gasteiger partial charge in [-0.25, -0.2) is 4.98 Å². The molecule has 0 spiro atoms. The van der Waals surface area contributed by atoms with E-state index in [1.807, 2.05) is 6.92 Å². The summed E-state index contributed by atoms with van der Waals surface area (Å²) in [7, 11) is 0. The molecule has 1 N–H and O–H groups in total. The van der Waals surface area contributed by atoms with Gasteiger partial charge in [-0.3, -0.25) is 14.2 Å². The van der Waals surface area contributed by atoms with Crippen LogP contribution in [0.1, 0.15) is 36.5 Å². The highest BCUT2D eigenvalue weighted by Gasteiger charge is 2.20. The zero-order chi connectivity index (χ0) is 19.2. The van der Waals surface area contributed by atoms with Gasteiger partial charge in [0.15, 0.2) is 5.16 Å². The molecule has 1 saturated heterocycles. The van der Waals surface area contributed by atoms with Crippen molar-refractivity contribution in [2.24, 2.45) is 0 Å². The minimum atomic E-state index is -0.185. The number of ether oxygens (including phenoxy) is 1. The normalized spacial score (nSPS) is 16.4. The number of nitrogens with one attached hydrogen (secondary N) is 1. The second-order valence-electron chi connectivity index (χ2n) is 6.38. The van der Waals surface area contributed by atoms with Crippen LogP contribution >= 0.6 is 11.8 Å². The lowest BCUT2D eigenvalue weighted by Crippen LogP contribution is -2.29. The van der Waals surface area contributed by atoms with E-state index in [1.54, 1.807) is 22.8 Å². The van der Waals surface area contributed by atoms with E-state index in [4.69, 9.17) is 10.00 Å². The third kappa shape index (κ3) is 4.49. The summed E-state index contributed by atoms with van der Waals surface area (Å²) in [5.41, 5.74) is 0.764. The van der Waals surface area contributed by atoms with Crippen molar-refractivity contribution < 1.29 is 9.53 Å². The van der Waals surface area contributed by atoms with Crippen LogP contribution in [0.25, 0.3) is 10.9 Å². The Labute approximate surface area is 161 Å². The summed E-state index contributed by atoms with van der Waals surface area (Å²) in [5, 5.41) is 12.7. The lowest BCUT2D eigenvalue weighted by atomic mass is 10.1. The Morgan fingerprint density at radius 3 is 3.07 bits per heavy atom. The van der Waals surface area contributed by atoms with Crippen LogP contribution in [0.4, 0.5) is 0 Å². The fraction of sp³-hybridized carbons (Fsp3) is 0.474. The first-order valence-electron chi connectivity index (χ1n) is 9.08. The van der Waals surface area contributed by atoms with E-state index < -0.39 is 0 Å². The molecule has 1 amide bonds. The number of amides is 1. The molecule has 0 unspecified atom stereocenters. The van der Waals surface area contributed by atoms with E-state index in [0.717, 1.165) is 19.3 Å². The number of nitrogens with zero attached hydrogens (tertiary/aromatic N) is 3. The predicted octanol–water partition coefficient (Wildman–Crippen LogP) is 2.33. The number of fused-ring (bicyclic) bond motifs is 1. The quantitative estimate of drug-likeness (QED) is 0.579. The van der Waals surface area contributed by atoms with Crippen molar-refractivity contribution in [1.29, 1.82) is 5.26 Å². The summed E-state index contributed by atoms with van der Waals surface area (Å²) < 4.78 is 7.25. The summed E-state index contributed by atoms with van der Waals surface area (Å²) in [4.78, 5) is 29.8. The van der Waals surface area contributed by atoms with Crippen molar-refractivity contribution in [2.45, 2.75) is 44.0 Å². The van der Waals surface area contributed by atoms with Gasteiger partial charge in [-0.15, -0.1) is 0 Å². The Hall–Kier alpha value is -2.37. The minimum Gasteiger partial charge on any atom is -0.376 e. The topological polar surface area (TPSA) is 97.0 Å². The van der Waals surface area contributed by atoms with Gasteiger partial charge >= 0.3 is 0 Å². The molecule has 2 heterocycles. The summed E-state index contributed by atoms with van der Waals surface area (Å²) in [6.45, 7) is 3.71. The lowest BCUT2D eigenvalue weighted by Gasteiger charge is -2.16. The maximum atomic E-state index is 13.0. The molecular weight excluding hydrogens is 364 g/mol. The number of hydrogen-bond acceptors (Lipinski definition) is 6. The van der Waals surface area contributed by atoms with Gasteiger partial charge in [0.1, 0.15) is 0 Å². The Kier molecular flexibility index (Phi) is 6.48. The van der Waals surface area contributed by atoms with Gasteiger partial charge < -0.3 is 10.1 Å². The summed E-state index contributed by atoms with van der Waals surface area (Å²) in [5.74, 6) is 0.00969. The third-order valence-corrected chi connectivity index (χ3v) is 5.24. The number of benzene rings is 1. The molecule has 8 heteroatoms. The zero-order valence-electron chi connectivity index (χ0n) is 15.2. The van der Waals surface area contributed by atoms with E-state index >= 15 is 0 Å². The molecule has 0 aliphatic carbocycles. The van der Waals surface area contributed by atoms with E-state index in [0.29, 0.717) is 41.3 Å². The average molecular weight is 386 g/mol. The molecule has 1 aromatic carbocycles. The van der Waals surface area contributed by atoms with Crippen LogP contribution in [-0.2, 0) is 11.3 Å². The molecular formula is C19H22N4O3S. The molecule has 3 rings (SSSR count). The first-order valence-corrected chi connectivity index (χ1v) is 10.1. The summed E-state index contributed by atoms with van der Waals surface area (Å²) >= 11 is 1.22. The van der Waals surface area contributed by atoms with Gasteiger partial charge in [-0.2, -0.15) is 5.26 Å². The van der Waals surface area contributed by atoms with Crippen LogP contribution in [0.15, 0.2) is 28.2 Å². The third-order valence-electron chi connectivity index (χ3n) is 4.39. The van der Waals surface area contributed by atoms with Crippen LogP contribution in [0.2, 0.25) is 0 Å². The zero-order valence-corrected chi connectivity index (χ0v) is 16.1. The number of rotatable bonds is 7. The van der Waals surface area contributed by atoms with Gasteiger partial charge in [0, 0.05) is 18.7 Å². The molecule has 27 heavy (non-hydrogen) atoms. The van der Waals surface area contributed by atoms with Crippen molar-refractivity contribution in [2.75, 3.05) is 18.9 Å². The number of thioether (sulfide) groups is 1. The second kappa shape index (κ2) is 9.02. The number of nitriles is 1. The largest absolute Gasteiger partial charge is 0.376 e. The highest BCUT2D eigenvalue weighted by molar-refractivity contribution is 7.99. The smallest absolute Gasteiger partial charge is 0.262 e. The number of carbonyl (C=O) groups is 1. The van der Waals surface area contributed by atoms with Crippen LogP contribution in [0.5, 0.6) is 0 Å². The Balaban J connectivity index is 2.01. The standard InChI is InChI=1S/C19H22N4O3S/c1-2-8-21-17(24)13-5-6-15-16(11-13)22-19(27-10-7-20)23(18(15)25)12-14-4-3-9-26-14/h5-6,11,14H,2-4,8-10,12H2,1H3,(H,21,24)/t14-/m1/s1. The molecule has 1 aliphatic rings. The molecule has 142 valence electrons. The monoisotopic (exact) mass is 386 g/mol. The Bertz CT molecular complexity index is 929. The van der Waals surface area contributed by atoms with Gasteiger partial charge in [-0.05, 0) is 37.5 Å². The van der Waals surface area contributed by atoms with E-state index in [-0.39, 0.29) is 23.3 Å². The van der Waals surface area contributed by atoms with E-state index in [9.17, 15) is 9.59 Å². The summed E-state index contributed by atoms with van der Waals surface area (Å²) in [6, 6.07) is 7.00. The number of aromatic nitrogens is 2. The van der Waals surface area contributed by atoms with Crippen molar-refractivity contribution in [3.05, 3.63) is 34.1 Å². The second-order valence-corrected chi connectivity index (χ2v) is 7.32.